The number of unbranched alkanes of at least 4 members (excludes halogenated alkanes) is 1. The van der Waals surface area contributed by atoms with Gasteiger partial charge in [0.2, 0.25) is 0 Å². The zero-order chi connectivity index (χ0) is 14.8. The van der Waals surface area contributed by atoms with E-state index in [4.69, 9.17) is 5.11 Å². The van der Waals surface area contributed by atoms with Gasteiger partial charge in [-0.1, -0.05) is 6.07 Å². The van der Waals surface area contributed by atoms with Crippen LogP contribution in [0.25, 0.3) is 11.0 Å². The normalized spacial score (nSPS) is 11.9. The number of nitrogens with zero attached hydrogens (tertiary/aromatic N) is 2. The molecule has 0 radical (unpaired) electrons. The highest BCUT2D eigenvalue weighted by Crippen LogP contribution is 2.23. The molecule has 0 atom stereocenters. The topological polar surface area (TPSA) is 55.1 Å². The van der Waals surface area contributed by atoms with E-state index in [1.807, 2.05) is 0 Å². The van der Waals surface area contributed by atoms with Crippen LogP contribution < -0.4 is 0 Å². The standard InChI is InChI=1S/C13H13F3N2O2/c14-13(15,16)6-1-2-7-18-8-17-10-5-3-4-9(11(10)18)12(19)20/h3-5,8H,1-2,6-7H2,(H,19,20). The molecule has 0 fully saturated rings. The van der Waals surface area contributed by atoms with Crippen LogP contribution in [0.1, 0.15) is 29.6 Å². The van der Waals surface area contributed by atoms with E-state index in [9.17, 15) is 18.0 Å². The number of para-hydroxylation sites is 1. The van der Waals surface area contributed by atoms with Crippen molar-refractivity contribution in [2.75, 3.05) is 0 Å². The SMILES string of the molecule is O=C(O)c1cccc2ncn(CCCCC(F)(F)F)c12. The van der Waals surface area contributed by atoms with Crippen LogP contribution in [0.2, 0.25) is 0 Å². The van der Waals surface area contributed by atoms with E-state index in [1.165, 1.54) is 12.4 Å². The minimum absolute atomic E-state index is 0.0123. The van der Waals surface area contributed by atoms with Crippen LogP contribution in [-0.4, -0.2) is 26.8 Å². The van der Waals surface area contributed by atoms with E-state index in [1.54, 1.807) is 16.7 Å². The third-order valence-corrected chi connectivity index (χ3v) is 2.98. The molecule has 4 nitrogen and oxygen atoms in total. The van der Waals surface area contributed by atoms with Crippen molar-refractivity contribution in [3.05, 3.63) is 30.1 Å². The zero-order valence-electron chi connectivity index (χ0n) is 10.5. The van der Waals surface area contributed by atoms with E-state index in [2.05, 4.69) is 4.98 Å². The van der Waals surface area contributed by atoms with Crippen molar-refractivity contribution in [2.45, 2.75) is 32.0 Å². The predicted octanol–water partition coefficient (Wildman–Crippen LogP) is 3.47. The Bertz CT molecular complexity index is 620. The van der Waals surface area contributed by atoms with Crippen molar-refractivity contribution >= 4 is 17.0 Å². The number of carbonyl (C=O) groups is 1. The van der Waals surface area contributed by atoms with Gasteiger partial charge < -0.3 is 9.67 Å². The van der Waals surface area contributed by atoms with E-state index in [-0.39, 0.29) is 12.0 Å². The minimum atomic E-state index is -4.15. The predicted molar refractivity (Wildman–Crippen MR) is 66.6 cm³/mol. The lowest BCUT2D eigenvalue weighted by atomic mass is 10.1. The summed E-state index contributed by atoms with van der Waals surface area (Å²) >= 11 is 0. The molecule has 0 saturated carbocycles. The first-order valence-corrected chi connectivity index (χ1v) is 6.12. The van der Waals surface area contributed by atoms with Gasteiger partial charge in [-0.3, -0.25) is 0 Å². The van der Waals surface area contributed by atoms with Gasteiger partial charge in [-0.2, -0.15) is 13.2 Å². The molecule has 0 bridgehead atoms. The van der Waals surface area contributed by atoms with Crippen molar-refractivity contribution in [3.8, 4) is 0 Å². The molecule has 0 amide bonds. The molecule has 0 unspecified atom stereocenters. The average Bonchev–Trinajstić information content (AvgIpc) is 2.76. The van der Waals surface area contributed by atoms with Gasteiger partial charge in [0.25, 0.3) is 0 Å². The molecule has 1 heterocycles. The fourth-order valence-electron chi connectivity index (χ4n) is 2.08. The summed E-state index contributed by atoms with van der Waals surface area (Å²) in [6.07, 6.45) is -3.18. The van der Waals surface area contributed by atoms with Gasteiger partial charge >= 0.3 is 12.1 Å². The second kappa shape index (κ2) is 5.52. The first kappa shape index (κ1) is 14.4. The maximum absolute atomic E-state index is 12.0. The number of carboxylic acid groups (broad SMARTS) is 1. The quantitative estimate of drug-likeness (QED) is 0.856. The van der Waals surface area contributed by atoms with Crippen LogP contribution in [0.15, 0.2) is 24.5 Å². The Balaban J connectivity index is 2.13. The van der Waals surface area contributed by atoms with Gasteiger partial charge in [-0.15, -0.1) is 0 Å². The molecule has 108 valence electrons. The van der Waals surface area contributed by atoms with E-state index < -0.39 is 18.6 Å². The van der Waals surface area contributed by atoms with Crippen LogP contribution >= 0.6 is 0 Å². The molecule has 2 rings (SSSR count). The van der Waals surface area contributed by atoms with Crippen LogP contribution in [0.4, 0.5) is 13.2 Å². The van der Waals surface area contributed by atoms with Crippen LogP contribution in [0, 0.1) is 0 Å². The lowest BCUT2D eigenvalue weighted by Gasteiger charge is -2.08. The van der Waals surface area contributed by atoms with Crippen molar-refractivity contribution in [3.63, 3.8) is 0 Å². The second-order valence-electron chi connectivity index (χ2n) is 4.49. The largest absolute Gasteiger partial charge is 0.478 e. The number of alkyl halides is 3. The number of hydrogen-bond acceptors (Lipinski definition) is 2. The molecular formula is C13H13F3N2O2. The molecule has 0 saturated heterocycles. The molecule has 1 aromatic heterocycles. The molecule has 0 spiro atoms. The lowest BCUT2D eigenvalue weighted by molar-refractivity contribution is -0.135. The number of hydrogen-bond donors (Lipinski definition) is 1. The molecule has 1 aromatic carbocycles. The molecule has 20 heavy (non-hydrogen) atoms. The number of fused-ring (bicyclic) bond motifs is 1. The number of aromatic nitrogens is 2. The highest BCUT2D eigenvalue weighted by Gasteiger charge is 2.25. The molecule has 0 aliphatic heterocycles. The summed E-state index contributed by atoms with van der Waals surface area (Å²) in [7, 11) is 0. The van der Waals surface area contributed by atoms with Gasteiger partial charge in [0, 0.05) is 13.0 Å². The molecule has 0 aliphatic carbocycles. The number of benzene rings is 1. The summed E-state index contributed by atoms with van der Waals surface area (Å²) in [5.74, 6) is -1.08. The van der Waals surface area contributed by atoms with Crippen LogP contribution in [0.3, 0.4) is 0 Å². The summed E-state index contributed by atoms with van der Waals surface area (Å²) in [5.41, 5.74) is 1.09. The summed E-state index contributed by atoms with van der Waals surface area (Å²) in [4.78, 5) is 15.2. The van der Waals surface area contributed by atoms with Crippen molar-refractivity contribution < 1.29 is 23.1 Å². The van der Waals surface area contributed by atoms with Gasteiger partial charge in [0.1, 0.15) is 0 Å². The third-order valence-electron chi connectivity index (χ3n) is 2.98. The Morgan fingerprint density at radius 3 is 2.70 bits per heavy atom. The Kier molecular flexibility index (Phi) is 3.96. The first-order valence-electron chi connectivity index (χ1n) is 6.12. The van der Waals surface area contributed by atoms with Crippen molar-refractivity contribution in [2.24, 2.45) is 0 Å². The number of imidazole rings is 1. The Morgan fingerprint density at radius 1 is 1.30 bits per heavy atom. The first-order chi connectivity index (χ1) is 9.38. The molecule has 1 N–H and O–H groups in total. The Labute approximate surface area is 112 Å². The Morgan fingerprint density at radius 2 is 2.05 bits per heavy atom. The molecular weight excluding hydrogens is 273 g/mol. The van der Waals surface area contributed by atoms with Crippen molar-refractivity contribution in [1.82, 2.24) is 9.55 Å². The average molecular weight is 286 g/mol. The summed E-state index contributed by atoms with van der Waals surface area (Å²) in [6.45, 7) is 0.316. The third kappa shape index (κ3) is 3.28. The maximum atomic E-state index is 12.0. The monoisotopic (exact) mass is 286 g/mol. The molecule has 7 heteroatoms. The number of halogens is 3. The Hall–Kier alpha value is -2.05. The summed E-state index contributed by atoms with van der Waals surface area (Å²) in [6, 6.07) is 4.72. The van der Waals surface area contributed by atoms with E-state index in [0.717, 1.165) is 0 Å². The fraction of sp³-hybridized carbons (Fsp3) is 0.385. The highest BCUT2D eigenvalue weighted by molar-refractivity contribution is 6.01. The number of aromatic carboxylic acids is 1. The number of carboxylic acids is 1. The minimum Gasteiger partial charge on any atom is -0.478 e. The summed E-state index contributed by atoms with van der Waals surface area (Å²) in [5, 5.41) is 9.11. The smallest absolute Gasteiger partial charge is 0.389 e. The lowest BCUT2D eigenvalue weighted by Crippen LogP contribution is -2.08. The molecule has 2 aromatic rings. The van der Waals surface area contributed by atoms with E-state index in [0.29, 0.717) is 24.0 Å². The number of aryl methyl sites for hydroxylation is 1. The second-order valence-corrected chi connectivity index (χ2v) is 4.49. The van der Waals surface area contributed by atoms with E-state index >= 15 is 0 Å². The van der Waals surface area contributed by atoms with Gasteiger partial charge in [0.05, 0.1) is 22.9 Å². The van der Waals surface area contributed by atoms with Crippen LogP contribution in [-0.2, 0) is 6.54 Å². The zero-order valence-corrected chi connectivity index (χ0v) is 10.5. The maximum Gasteiger partial charge on any atom is 0.389 e. The number of rotatable bonds is 5. The highest BCUT2D eigenvalue weighted by atomic mass is 19.4. The van der Waals surface area contributed by atoms with Gasteiger partial charge in [-0.25, -0.2) is 9.78 Å². The molecule has 0 aliphatic rings. The van der Waals surface area contributed by atoms with Crippen molar-refractivity contribution in [1.29, 1.82) is 0 Å². The van der Waals surface area contributed by atoms with Crippen LogP contribution in [0.5, 0.6) is 0 Å². The summed E-state index contributed by atoms with van der Waals surface area (Å²) < 4.78 is 37.7. The van der Waals surface area contributed by atoms with Gasteiger partial charge in [-0.05, 0) is 25.0 Å². The van der Waals surface area contributed by atoms with Gasteiger partial charge in [0.15, 0.2) is 0 Å². The fourth-order valence-corrected chi connectivity index (χ4v) is 2.08.